The Hall–Kier alpha value is -2.04. The van der Waals surface area contributed by atoms with E-state index in [1.54, 1.807) is 0 Å². The summed E-state index contributed by atoms with van der Waals surface area (Å²) in [5.74, 6) is 1.57. The smallest absolute Gasteiger partial charge is 0.231 e. The summed E-state index contributed by atoms with van der Waals surface area (Å²) in [6.07, 6.45) is -0.528. The number of benzene rings is 2. The van der Waals surface area contributed by atoms with Gasteiger partial charge in [0.2, 0.25) is 6.79 Å². The van der Waals surface area contributed by atoms with Crippen molar-refractivity contribution >= 4 is 0 Å². The van der Waals surface area contributed by atoms with Crippen LogP contribution in [0.1, 0.15) is 24.2 Å². The zero-order valence-corrected chi connectivity index (χ0v) is 12.0. The number of aliphatic hydroxyl groups is 1. The van der Waals surface area contributed by atoms with Gasteiger partial charge in [0.1, 0.15) is 0 Å². The van der Waals surface area contributed by atoms with E-state index in [1.807, 2.05) is 55.5 Å². The van der Waals surface area contributed by atoms with Gasteiger partial charge in [-0.3, -0.25) is 0 Å². The zero-order valence-electron chi connectivity index (χ0n) is 12.0. The molecular weight excluding hydrogens is 266 g/mol. The van der Waals surface area contributed by atoms with Gasteiger partial charge in [-0.2, -0.15) is 0 Å². The second-order valence-electron chi connectivity index (χ2n) is 5.21. The van der Waals surface area contributed by atoms with Crippen molar-refractivity contribution < 1.29 is 14.6 Å². The number of ether oxygens (including phenoxy) is 2. The molecule has 1 unspecified atom stereocenters. The summed E-state index contributed by atoms with van der Waals surface area (Å²) in [6, 6.07) is 15.5. The van der Waals surface area contributed by atoms with Gasteiger partial charge in [0.05, 0.1) is 6.10 Å². The van der Waals surface area contributed by atoms with Crippen LogP contribution >= 0.6 is 0 Å². The van der Waals surface area contributed by atoms with Crippen molar-refractivity contribution in [1.29, 1.82) is 0 Å². The van der Waals surface area contributed by atoms with Crippen LogP contribution in [0.5, 0.6) is 11.5 Å². The maximum Gasteiger partial charge on any atom is 0.231 e. The first-order valence-electron chi connectivity index (χ1n) is 7.09. The van der Waals surface area contributed by atoms with Crippen LogP contribution in [-0.2, 0) is 6.54 Å². The number of hydrogen-bond acceptors (Lipinski definition) is 4. The first-order chi connectivity index (χ1) is 10.2. The van der Waals surface area contributed by atoms with Gasteiger partial charge in [-0.1, -0.05) is 36.4 Å². The van der Waals surface area contributed by atoms with Gasteiger partial charge >= 0.3 is 0 Å². The monoisotopic (exact) mass is 285 g/mol. The van der Waals surface area contributed by atoms with E-state index in [4.69, 9.17) is 9.47 Å². The Labute approximate surface area is 124 Å². The lowest BCUT2D eigenvalue weighted by Gasteiger charge is -2.20. The van der Waals surface area contributed by atoms with Crippen LogP contribution in [0, 0.1) is 0 Å². The van der Waals surface area contributed by atoms with Crippen molar-refractivity contribution in [3.8, 4) is 11.5 Å². The first kappa shape index (κ1) is 13.9. The summed E-state index contributed by atoms with van der Waals surface area (Å²) >= 11 is 0. The fourth-order valence-corrected chi connectivity index (χ4v) is 2.38. The molecule has 0 saturated heterocycles. The fraction of sp³-hybridized carbons (Fsp3) is 0.294. The molecule has 0 aliphatic carbocycles. The van der Waals surface area contributed by atoms with Crippen molar-refractivity contribution in [2.75, 3.05) is 6.79 Å². The predicted octanol–water partition coefficient (Wildman–Crippen LogP) is 2.63. The minimum absolute atomic E-state index is 0.0437. The van der Waals surface area contributed by atoms with E-state index in [0.717, 1.165) is 22.6 Å². The van der Waals surface area contributed by atoms with Crippen LogP contribution in [0.4, 0.5) is 0 Å². The topological polar surface area (TPSA) is 50.7 Å². The molecule has 2 aromatic rings. The molecule has 1 heterocycles. The van der Waals surface area contributed by atoms with Crippen LogP contribution in [0.15, 0.2) is 48.5 Å². The highest BCUT2D eigenvalue weighted by atomic mass is 16.7. The van der Waals surface area contributed by atoms with Crippen LogP contribution in [0.3, 0.4) is 0 Å². The quantitative estimate of drug-likeness (QED) is 0.886. The van der Waals surface area contributed by atoms with Crippen molar-refractivity contribution in [3.63, 3.8) is 0 Å². The lowest BCUT2D eigenvalue weighted by Crippen LogP contribution is -2.31. The van der Waals surface area contributed by atoms with E-state index in [2.05, 4.69) is 5.32 Å². The standard InChI is InChI=1S/C17H19NO3/c1-12(17(19)14-5-3-2-4-6-14)18-10-13-7-8-15-16(9-13)21-11-20-15/h2-9,12,17-19H,10-11H2,1H3/t12-,17?/m0/s1. The molecule has 0 saturated carbocycles. The minimum Gasteiger partial charge on any atom is -0.454 e. The van der Waals surface area contributed by atoms with Crippen LogP contribution in [-0.4, -0.2) is 17.9 Å². The second kappa shape index (κ2) is 6.16. The van der Waals surface area contributed by atoms with Crippen molar-refractivity contribution in [1.82, 2.24) is 5.32 Å². The van der Waals surface area contributed by atoms with Gasteiger partial charge in [0.15, 0.2) is 11.5 Å². The van der Waals surface area contributed by atoms with Crippen molar-refractivity contribution in [2.24, 2.45) is 0 Å². The summed E-state index contributed by atoms with van der Waals surface area (Å²) < 4.78 is 10.7. The third-order valence-corrected chi connectivity index (χ3v) is 3.68. The molecule has 0 aromatic heterocycles. The van der Waals surface area contributed by atoms with Gasteiger partial charge < -0.3 is 19.9 Å². The van der Waals surface area contributed by atoms with E-state index in [-0.39, 0.29) is 12.8 Å². The average Bonchev–Trinajstić information content (AvgIpc) is 3.00. The highest BCUT2D eigenvalue weighted by Gasteiger charge is 2.17. The lowest BCUT2D eigenvalue weighted by atomic mass is 10.0. The molecule has 1 aliphatic rings. The number of fused-ring (bicyclic) bond motifs is 1. The molecule has 0 radical (unpaired) electrons. The van der Waals surface area contributed by atoms with Crippen LogP contribution in [0.25, 0.3) is 0 Å². The van der Waals surface area contributed by atoms with Crippen molar-refractivity contribution in [3.05, 3.63) is 59.7 Å². The Balaban J connectivity index is 1.59. The maximum atomic E-state index is 10.3. The maximum absolute atomic E-state index is 10.3. The van der Waals surface area contributed by atoms with Gasteiger partial charge in [0, 0.05) is 12.6 Å². The van der Waals surface area contributed by atoms with Gasteiger partial charge in [-0.05, 0) is 30.2 Å². The van der Waals surface area contributed by atoms with Crippen LogP contribution < -0.4 is 14.8 Å². The highest BCUT2D eigenvalue weighted by molar-refractivity contribution is 5.44. The first-order valence-corrected chi connectivity index (χ1v) is 7.09. The summed E-state index contributed by atoms with van der Waals surface area (Å²) in [5.41, 5.74) is 2.02. The summed E-state index contributed by atoms with van der Waals surface area (Å²) in [7, 11) is 0. The Morgan fingerprint density at radius 1 is 1.10 bits per heavy atom. The molecule has 110 valence electrons. The minimum atomic E-state index is -0.528. The molecule has 21 heavy (non-hydrogen) atoms. The van der Waals surface area contributed by atoms with Crippen LogP contribution in [0.2, 0.25) is 0 Å². The third kappa shape index (κ3) is 3.17. The fourth-order valence-electron chi connectivity index (χ4n) is 2.38. The molecule has 4 heteroatoms. The molecular formula is C17H19NO3. The number of rotatable bonds is 5. The molecule has 0 spiro atoms. The summed E-state index contributed by atoms with van der Waals surface area (Å²) in [4.78, 5) is 0. The Morgan fingerprint density at radius 2 is 1.86 bits per heavy atom. The van der Waals surface area contributed by atoms with E-state index >= 15 is 0 Å². The SMILES string of the molecule is C[C@H](NCc1ccc2c(c1)OCO2)C(O)c1ccccc1. The van der Waals surface area contributed by atoms with Gasteiger partial charge in [-0.25, -0.2) is 0 Å². The molecule has 2 aromatic carbocycles. The molecule has 3 rings (SSSR count). The molecule has 2 N–H and O–H groups in total. The van der Waals surface area contributed by atoms with E-state index < -0.39 is 6.10 Å². The van der Waals surface area contributed by atoms with Crippen molar-refractivity contribution in [2.45, 2.75) is 25.6 Å². The van der Waals surface area contributed by atoms with E-state index in [9.17, 15) is 5.11 Å². The Kier molecular flexibility index (Phi) is 4.08. The third-order valence-electron chi connectivity index (χ3n) is 3.68. The molecule has 0 amide bonds. The second-order valence-corrected chi connectivity index (χ2v) is 5.21. The number of hydrogen-bond donors (Lipinski definition) is 2. The normalized spacial score (nSPS) is 15.7. The molecule has 0 bridgehead atoms. The summed E-state index contributed by atoms with van der Waals surface area (Å²) in [5, 5.41) is 13.7. The number of nitrogens with one attached hydrogen (secondary N) is 1. The predicted molar refractivity (Wildman–Crippen MR) is 80.3 cm³/mol. The highest BCUT2D eigenvalue weighted by Crippen LogP contribution is 2.32. The zero-order chi connectivity index (χ0) is 14.7. The molecule has 1 aliphatic heterocycles. The van der Waals surface area contributed by atoms with Gasteiger partial charge in [-0.15, -0.1) is 0 Å². The largest absolute Gasteiger partial charge is 0.454 e. The molecule has 2 atom stereocenters. The molecule has 0 fully saturated rings. The van der Waals surface area contributed by atoms with E-state index in [0.29, 0.717) is 6.54 Å². The van der Waals surface area contributed by atoms with E-state index in [1.165, 1.54) is 0 Å². The Morgan fingerprint density at radius 3 is 2.67 bits per heavy atom. The molecule has 4 nitrogen and oxygen atoms in total. The lowest BCUT2D eigenvalue weighted by molar-refractivity contribution is 0.135. The van der Waals surface area contributed by atoms with Gasteiger partial charge in [0.25, 0.3) is 0 Å². The number of aliphatic hydroxyl groups excluding tert-OH is 1. The average molecular weight is 285 g/mol. The Bertz CT molecular complexity index is 600. The summed E-state index contributed by atoms with van der Waals surface area (Å²) in [6.45, 7) is 2.93.